The standard InChI is InChI=1S/C26H27N3O8S/c1-2-3-15-37-18-10-12-19(13-11-18)38(35,36)21(25(32)29-34)9-4-5-14-27-22(30)16-17-7-6-8-20-23(17)26(33)28-24(20)31/h6-8,10-13,21,34H,4-5,9,14-16H2,1H3,(H,27,30)(H,29,32)(H,28,31,33). The minimum atomic E-state index is -4.12. The van der Waals surface area contributed by atoms with Gasteiger partial charge in [-0.15, -0.1) is 5.92 Å². The number of carbonyl (C=O) groups is 4. The Morgan fingerprint density at radius 2 is 1.82 bits per heavy atom. The SMILES string of the molecule is CC#CCOc1ccc(S(=O)(=O)C(CCCCNC(=O)Cc2cccc3c2C(=O)NC3=O)C(=O)NO)cc1. The second kappa shape index (κ2) is 12.8. The zero-order chi connectivity index (χ0) is 27.7. The molecule has 4 N–H and O–H groups in total. The zero-order valence-electron chi connectivity index (χ0n) is 20.6. The van der Waals surface area contributed by atoms with Gasteiger partial charge < -0.3 is 10.1 Å². The minimum absolute atomic E-state index is 0.0938. The molecule has 0 aliphatic carbocycles. The van der Waals surface area contributed by atoms with E-state index in [1.807, 2.05) is 0 Å². The summed E-state index contributed by atoms with van der Waals surface area (Å²) in [5.74, 6) is 3.33. The first-order chi connectivity index (χ1) is 18.2. The normalized spacial score (nSPS) is 13.0. The summed E-state index contributed by atoms with van der Waals surface area (Å²) < 4.78 is 31.5. The molecule has 1 aliphatic rings. The van der Waals surface area contributed by atoms with Crippen LogP contribution in [-0.4, -0.2) is 55.7 Å². The molecule has 0 radical (unpaired) electrons. The molecular weight excluding hydrogens is 514 g/mol. The van der Waals surface area contributed by atoms with Crippen molar-refractivity contribution in [3.8, 4) is 17.6 Å². The van der Waals surface area contributed by atoms with Gasteiger partial charge in [-0.2, -0.15) is 0 Å². The Hall–Kier alpha value is -4.21. The van der Waals surface area contributed by atoms with Gasteiger partial charge in [0.1, 0.15) is 17.6 Å². The molecule has 0 saturated carbocycles. The predicted molar refractivity (Wildman–Crippen MR) is 135 cm³/mol. The van der Waals surface area contributed by atoms with E-state index in [4.69, 9.17) is 9.94 Å². The lowest BCUT2D eigenvalue weighted by atomic mass is 10.00. The Morgan fingerprint density at radius 3 is 2.50 bits per heavy atom. The highest BCUT2D eigenvalue weighted by Crippen LogP contribution is 2.23. The van der Waals surface area contributed by atoms with Crippen molar-refractivity contribution < 1.29 is 37.5 Å². The number of rotatable bonds is 12. The van der Waals surface area contributed by atoms with Crippen molar-refractivity contribution in [2.24, 2.45) is 0 Å². The summed E-state index contributed by atoms with van der Waals surface area (Å²) in [4.78, 5) is 48.2. The van der Waals surface area contributed by atoms with Crippen molar-refractivity contribution in [1.82, 2.24) is 16.1 Å². The van der Waals surface area contributed by atoms with Gasteiger partial charge in [0, 0.05) is 6.54 Å². The number of hydrogen-bond donors (Lipinski definition) is 4. The molecule has 4 amide bonds. The highest BCUT2D eigenvalue weighted by Gasteiger charge is 2.33. The van der Waals surface area contributed by atoms with Gasteiger partial charge in [-0.3, -0.25) is 29.7 Å². The summed E-state index contributed by atoms with van der Waals surface area (Å²) in [6.45, 7) is 2.01. The first-order valence-corrected chi connectivity index (χ1v) is 13.3. The van der Waals surface area contributed by atoms with Crippen molar-refractivity contribution in [1.29, 1.82) is 0 Å². The van der Waals surface area contributed by atoms with Crippen LogP contribution in [0, 0.1) is 11.8 Å². The number of ether oxygens (including phenoxy) is 1. The molecule has 12 heteroatoms. The lowest BCUT2D eigenvalue weighted by molar-refractivity contribution is -0.129. The quantitative estimate of drug-likeness (QED) is 0.102. The molecule has 3 rings (SSSR count). The Morgan fingerprint density at radius 1 is 1.08 bits per heavy atom. The topological polar surface area (TPSA) is 168 Å². The fourth-order valence-corrected chi connectivity index (χ4v) is 5.59. The molecule has 1 unspecified atom stereocenters. The maximum absolute atomic E-state index is 13.1. The van der Waals surface area contributed by atoms with E-state index in [-0.39, 0.29) is 54.3 Å². The summed E-state index contributed by atoms with van der Waals surface area (Å²) in [5, 5.41) is 12.4. The van der Waals surface area contributed by atoms with Gasteiger partial charge in [-0.05, 0) is 62.1 Å². The van der Waals surface area contributed by atoms with Crippen molar-refractivity contribution in [2.75, 3.05) is 13.2 Å². The first kappa shape index (κ1) is 28.4. The Bertz CT molecular complexity index is 1390. The van der Waals surface area contributed by atoms with Gasteiger partial charge >= 0.3 is 0 Å². The van der Waals surface area contributed by atoms with E-state index < -0.39 is 32.8 Å². The second-order valence-corrected chi connectivity index (χ2v) is 10.5. The number of nitrogens with one attached hydrogen (secondary N) is 3. The van der Waals surface area contributed by atoms with Crippen LogP contribution >= 0.6 is 0 Å². The van der Waals surface area contributed by atoms with Gasteiger partial charge in [-0.25, -0.2) is 13.9 Å². The van der Waals surface area contributed by atoms with Gasteiger partial charge in [0.2, 0.25) is 5.91 Å². The van der Waals surface area contributed by atoms with E-state index >= 15 is 0 Å². The van der Waals surface area contributed by atoms with E-state index in [2.05, 4.69) is 22.5 Å². The van der Waals surface area contributed by atoms with E-state index in [1.54, 1.807) is 19.1 Å². The number of carbonyl (C=O) groups excluding carboxylic acids is 4. The molecule has 1 atom stereocenters. The Kier molecular flexibility index (Phi) is 9.59. The van der Waals surface area contributed by atoms with Gasteiger partial charge in [0.05, 0.1) is 22.4 Å². The molecule has 1 aliphatic heterocycles. The fraction of sp³-hybridized carbons (Fsp3) is 0.308. The summed E-state index contributed by atoms with van der Waals surface area (Å²) in [6.07, 6.45) is 0.404. The minimum Gasteiger partial charge on any atom is -0.481 e. The third-order valence-electron chi connectivity index (χ3n) is 5.83. The van der Waals surface area contributed by atoms with Crippen LogP contribution in [0.3, 0.4) is 0 Å². The molecule has 11 nitrogen and oxygen atoms in total. The molecule has 2 aromatic carbocycles. The molecule has 0 bridgehead atoms. The number of benzene rings is 2. The van der Waals surface area contributed by atoms with E-state index in [0.717, 1.165) is 0 Å². The lowest BCUT2D eigenvalue weighted by Crippen LogP contribution is -2.38. The predicted octanol–water partition coefficient (Wildman–Crippen LogP) is 1.15. The smallest absolute Gasteiger partial charge is 0.262 e. The average Bonchev–Trinajstić information content (AvgIpc) is 3.20. The van der Waals surface area contributed by atoms with Gasteiger partial charge in [0.15, 0.2) is 9.84 Å². The molecule has 0 saturated heterocycles. The number of fused-ring (bicyclic) bond motifs is 1. The molecule has 200 valence electrons. The first-order valence-electron chi connectivity index (χ1n) is 11.7. The summed E-state index contributed by atoms with van der Waals surface area (Å²) in [5.41, 5.74) is 2.25. The molecule has 38 heavy (non-hydrogen) atoms. The number of unbranched alkanes of at least 4 members (excludes halogenated alkanes) is 1. The number of hydroxylamine groups is 1. The maximum Gasteiger partial charge on any atom is 0.262 e. The maximum atomic E-state index is 13.1. The van der Waals surface area contributed by atoms with Crippen LogP contribution in [0.4, 0.5) is 0 Å². The van der Waals surface area contributed by atoms with Crippen molar-refractivity contribution in [2.45, 2.75) is 42.8 Å². The van der Waals surface area contributed by atoms with E-state index in [1.165, 1.54) is 35.8 Å². The molecular formula is C26H27N3O8S. The summed E-state index contributed by atoms with van der Waals surface area (Å²) >= 11 is 0. The monoisotopic (exact) mass is 541 g/mol. The van der Waals surface area contributed by atoms with Crippen LogP contribution in [0.1, 0.15) is 52.5 Å². The highest BCUT2D eigenvalue weighted by molar-refractivity contribution is 7.92. The Balaban J connectivity index is 1.53. The number of sulfone groups is 1. The number of hydrogen-bond acceptors (Lipinski definition) is 8. The van der Waals surface area contributed by atoms with E-state index in [0.29, 0.717) is 17.7 Å². The van der Waals surface area contributed by atoms with Gasteiger partial charge in [0.25, 0.3) is 17.7 Å². The van der Waals surface area contributed by atoms with Crippen LogP contribution in [-0.2, 0) is 25.8 Å². The fourth-order valence-electron chi connectivity index (χ4n) is 3.94. The third kappa shape index (κ3) is 6.76. The molecule has 0 spiro atoms. The lowest BCUT2D eigenvalue weighted by Gasteiger charge is -2.16. The third-order valence-corrected chi connectivity index (χ3v) is 7.96. The van der Waals surface area contributed by atoms with Gasteiger partial charge in [-0.1, -0.05) is 18.1 Å². The van der Waals surface area contributed by atoms with Crippen LogP contribution < -0.4 is 20.9 Å². The Labute approximate surface area is 219 Å². The molecule has 2 aromatic rings. The van der Waals surface area contributed by atoms with E-state index in [9.17, 15) is 27.6 Å². The van der Waals surface area contributed by atoms with Crippen LogP contribution in [0.25, 0.3) is 0 Å². The molecule has 1 heterocycles. The van der Waals surface area contributed by atoms with Crippen molar-refractivity contribution in [3.05, 3.63) is 59.2 Å². The zero-order valence-corrected chi connectivity index (χ0v) is 21.4. The second-order valence-electron chi connectivity index (χ2n) is 8.34. The largest absolute Gasteiger partial charge is 0.481 e. The molecule has 0 fully saturated rings. The van der Waals surface area contributed by atoms with Crippen molar-refractivity contribution in [3.63, 3.8) is 0 Å². The average molecular weight is 542 g/mol. The van der Waals surface area contributed by atoms with Crippen molar-refractivity contribution >= 4 is 33.5 Å². The highest BCUT2D eigenvalue weighted by atomic mass is 32.2. The summed E-state index contributed by atoms with van der Waals surface area (Å²) in [7, 11) is -4.12. The number of imide groups is 1. The van der Waals surface area contributed by atoms with Crippen LogP contribution in [0.2, 0.25) is 0 Å². The molecule has 0 aromatic heterocycles. The van der Waals surface area contributed by atoms with Crippen LogP contribution in [0.15, 0.2) is 47.4 Å². The van der Waals surface area contributed by atoms with Crippen LogP contribution in [0.5, 0.6) is 5.75 Å². The number of amides is 4. The summed E-state index contributed by atoms with van der Waals surface area (Å²) in [6, 6.07) is 10.2.